The fraction of sp³-hybridized carbons (Fsp3) is 0.786. The van der Waals surface area contributed by atoms with E-state index in [1.165, 1.54) is 0 Å². The van der Waals surface area contributed by atoms with Crippen LogP contribution in [0, 0.1) is 11.8 Å². The maximum absolute atomic E-state index is 12.0. The molecule has 2 atom stereocenters. The van der Waals surface area contributed by atoms with Crippen LogP contribution in [0.15, 0.2) is 0 Å². The third kappa shape index (κ3) is 8.72. The number of thiol groups is 1. The smallest absolute Gasteiger partial charge is 0.336 e. The van der Waals surface area contributed by atoms with E-state index in [-0.39, 0.29) is 23.5 Å². The molecule has 6 nitrogen and oxygen atoms in total. The summed E-state index contributed by atoms with van der Waals surface area (Å²) in [4.78, 5) is 35.1. The normalized spacial score (nSPS) is 13.9. The van der Waals surface area contributed by atoms with Gasteiger partial charge in [0.25, 0.3) is 0 Å². The number of hydrogen-bond donors (Lipinski definition) is 3. The average Bonchev–Trinajstić information content (AvgIpc) is 2.36. The topological polar surface area (TPSA) is 98.5 Å². The Morgan fingerprint density at radius 3 is 2.00 bits per heavy atom. The lowest BCUT2D eigenvalue weighted by Crippen LogP contribution is -2.45. The molecule has 0 radical (unpaired) electrons. The molecule has 0 fully saturated rings. The van der Waals surface area contributed by atoms with E-state index in [9.17, 15) is 14.4 Å². The summed E-state index contributed by atoms with van der Waals surface area (Å²) in [5, 5.41) is 2.50. The molecule has 1 amide bonds. The fourth-order valence-electron chi connectivity index (χ4n) is 1.78. The van der Waals surface area contributed by atoms with Crippen LogP contribution in [-0.2, 0) is 19.1 Å². The van der Waals surface area contributed by atoms with Crippen LogP contribution < -0.4 is 11.1 Å². The van der Waals surface area contributed by atoms with Gasteiger partial charge in [0.2, 0.25) is 5.91 Å². The van der Waals surface area contributed by atoms with E-state index in [2.05, 4.69) is 17.9 Å². The number of ether oxygens (including phenoxy) is 1. The molecule has 0 saturated carbocycles. The number of nitrogens with one attached hydrogen (secondary N) is 1. The molecule has 0 unspecified atom stereocenters. The van der Waals surface area contributed by atoms with Gasteiger partial charge in [-0.05, 0) is 24.7 Å². The van der Waals surface area contributed by atoms with Crippen molar-refractivity contribution >= 4 is 30.5 Å². The highest BCUT2D eigenvalue weighted by atomic mass is 32.1. The number of esters is 2. The van der Waals surface area contributed by atoms with E-state index in [0.717, 1.165) is 0 Å². The largest absolute Gasteiger partial charge is 0.390 e. The van der Waals surface area contributed by atoms with Crippen molar-refractivity contribution in [2.24, 2.45) is 17.6 Å². The van der Waals surface area contributed by atoms with Gasteiger partial charge in [0, 0.05) is 0 Å². The van der Waals surface area contributed by atoms with Gasteiger partial charge in [-0.15, -0.1) is 0 Å². The molecule has 0 aliphatic heterocycles. The Balaban J connectivity index is 4.65. The van der Waals surface area contributed by atoms with Gasteiger partial charge in [0.15, 0.2) is 0 Å². The molecule has 122 valence electrons. The van der Waals surface area contributed by atoms with Crippen LogP contribution in [0.3, 0.4) is 0 Å². The Bertz CT molecular complexity index is 372. The van der Waals surface area contributed by atoms with Crippen LogP contribution in [0.1, 0.15) is 40.5 Å². The first kappa shape index (κ1) is 19.9. The standard InChI is InChI=1S/C14H26N2O4S/c1-8(2)5-10(15)13(18)20-14(19)11(6-9(3)4)16-12(17)7-21/h8-11,21H,5-7,15H2,1-4H3,(H,16,17)/t10-,11-/m0/s1. The fourth-order valence-corrected chi connectivity index (χ4v) is 1.87. The van der Waals surface area contributed by atoms with Crippen molar-refractivity contribution in [3.8, 4) is 0 Å². The first-order chi connectivity index (χ1) is 9.67. The van der Waals surface area contributed by atoms with E-state index in [1.54, 1.807) is 0 Å². The number of carbonyl (C=O) groups is 3. The number of amides is 1. The summed E-state index contributed by atoms with van der Waals surface area (Å²) >= 11 is 3.84. The second-order valence-electron chi connectivity index (χ2n) is 5.88. The van der Waals surface area contributed by atoms with Crippen molar-refractivity contribution in [3.63, 3.8) is 0 Å². The molecular formula is C14H26N2O4S. The summed E-state index contributed by atoms with van der Waals surface area (Å²) in [5.41, 5.74) is 5.67. The summed E-state index contributed by atoms with van der Waals surface area (Å²) in [5.74, 6) is -1.59. The van der Waals surface area contributed by atoms with Crippen LogP contribution in [0.25, 0.3) is 0 Å². The highest BCUT2D eigenvalue weighted by Gasteiger charge is 2.27. The average molecular weight is 318 g/mol. The molecule has 0 aromatic carbocycles. The minimum atomic E-state index is -0.861. The van der Waals surface area contributed by atoms with Gasteiger partial charge in [-0.2, -0.15) is 12.6 Å². The van der Waals surface area contributed by atoms with Crippen molar-refractivity contribution in [2.45, 2.75) is 52.6 Å². The van der Waals surface area contributed by atoms with Gasteiger partial charge < -0.3 is 15.8 Å². The highest BCUT2D eigenvalue weighted by Crippen LogP contribution is 2.09. The first-order valence-corrected chi connectivity index (χ1v) is 7.71. The van der Waals surface area contributed by atoms with E-state index in [4.69, 9.17) is 10.5 Å². The summed E-state index contributed by atoms with van der Waals surface area (Å²) in [6.07, 6.45) is 0.814. The maximum atomic E-state index is 12.0. The summed E-state index contributed by atoms with van der Waals surface area (Å²) in [6, 6.07) is -1.70. The summed E-state index contributed by atoms with van der Waals surface area (Å²) < 4.78 is 4.78. The van der Waals surface area contributed by atoms with E-state index < -0.39 is 24.0 Å². The van der Waals surface area contributed by atoms with Crippen LogP contribution >= 0.6 is 12.6 Å². The number of hydrogen-bond acceptors (Lipinski definition) is 6. The predicted octanol–water partition coefficient (Wildman–Crippen LogP) is 0.890. The number of carbonyl (C=O) groups excluding carboxylic acids is 3. The number of nitrogens with two attached hydrogens (primary N) is 1. The zero-order valence-electron chi connectivity index (χ0n) is 13.1. The van der Waals surface area contributed by atoms with Crippen LogP contribution in [0.2, 0.25) is 0 Å². The zero-order chi connectivity index (χ0) is 16.6. The summed E-state index contributed by atoms with van der Waals surface area (Å²) in [6.45, 7) is 7.64. The first-order valence-electron chi connectivity index (χ1n) is 7.08. The Morgan fingerprint density at radius 1 is 1.05 bits per heavy atom. The molecule has 7 heteroatoms. The van der Waals surface area contributed by atoms with Crippen molar-refractivity contribution < 1.29 is 19.1 Å². The van der Waals surface area contributed by atoms with Gasteiger partial charge in [-0.1, -0.05) is 27.7 Å². The lowest BCUT2D eigenvalue weighted by Gasteiger charge is -2.19. The minimum absolute atomic E-state index is 0.0390. The molecule has 0 aromatic rings. The maximum Gasteiger partial charge on any atom is 0.336 e. The SMILES string of the molecule is CC(C)C[C@H](NC(=O)CS)C(=O)OC(=O)[C@@H](N)CC(C)C. The lowest BCUT2D eigenvalue weighted by molar-refractivity contribution is -0.163. The van der Waals surface area contributed by atoms with Gasteiger partial charge in [0.05, 0.1) is 5.75 Å². The van der Waals surface area contributed by atoms with Crippen molar-refractivity contribution in [1.82, 2.24) is 5.32 Å². The quantitative estimate of drug-likeness (QED) is 0.351. The van der Waals surface area contributed by atoms with Gasteiger partial charge in [-0.3, -0.25) is 4.79 Å². The minimum Gasteiger partial charge on any atom is -0.390 e. The zero-order valence-corrected chi connectivity index (χ0v) is 14.0. The van der Waals surface area contributed by atoms with E-state index >= 15 is 0 Å². The molecule has 0 aliphatic rings. The molecule has 0 saturated heterocycles. The van der Waals surface area contributed by atoms with Crippen LogP contribution in [0.5, 0.6) is 0 Å². The second kappa shape index (κ2) is 9.78. The molecule has 0 spiro atoms. The Kier molecular flexibility index (Phi) is 9.28. The third-order valence-corrected chi connectivity index (χ3v) is 2.99. The Hall–Kier alpha value is -1.08. The van der Waals surface area contributed by atoms with Crippen molar-refractivity contribution in [2.75, 3.05) is 5.75 Å². The van der Waals surface area contributed by atoms with Crippen LogP contribution in [0.4, 0.5) is 0 Å². The second-order valence-corrected chi connectivity index (χ2v) is 6.20. The van der Waals surface area contributed by atoms with Crippen LogP contribution in [-0.4, -0.2) is 35.7 Å². The highest BCUT2D eigenvalue weighted by molar-refractivity contribution is 7.81. The van der Waals surface area contributed by atoms with E-state index in [1.807, 2.05) is 27.7 Å². The lowest BCUT2D eigenvalue weighted by atomic mass is 10.0. The molecule has 0 rings (SSSR count). The molecule has 0 aliphatic carbocycles. The third-order valence-electron chi connectivity index (χ3n) is 2.70. The van der Waals surface area contributed by atoms with Crippen molar-refractivity contribution in [1.29, 1.82) is 0 Å². The van der Waals surface area contributed by atoms with Gasteiger partial charge in [-0.25, -0.2) is 9.59 Å². The Labute approximate surface area is 131 Å². The molecule has 3 N–H and O–H groups in total. The van der Waals surface area contributed by atoms with Gasteiger partial charge >= 0.3 is 11.9 Å². The molecule has 0 aromatic heterocycles. The predicted molar refractivity (Wildman–Crippen MR) is 83.8 cm³/mol. The van der Waals surface area contributed by atoms with E-state index in [0.29, 0.717) is 12.8 Å². The molecule has 0 bridgehead atoms. The van der Waals surface area contributed by atoms with Gasteiger partial charge in [0.1, 0.15) is 12.1 Å². The molecule has 21 heavy (non-hydrogen) atoms. The number of rotatable bonds is 8. The van der Waals surface area contributed by atoms with Crippen molar-refractivity contribution in [3.05, 3.63) is 0 Å². The molecule has 0 heterocycles. The summed E-state index contributed by atoms with van der Waals surface area (Å²) in [7, 11) is 0. The molecular weight excluding hydrogens is 292 g/mol. The Morgan fingerprint density at radius 2 is 1.57 bits per heavy atom. The monoisotopic (exact) mass is 318 g/mol.